The molecule has 2 N–H and O–H groups in total. The zero-order valence-corrected chi connectivity index (χ0v) is 24.0. The van der Waals surface area contributed by atoms with E-state index in [9.17, 15) is 4.79 Å². The molecule has 208 valence electrons. The lowest BCUT2D eigenvalue weighted by Gasteiger charge is -2.32. The fourth-order valence-electron chi connectivity index (χ4n) is 4.37. The van der Waals surface area contributed by atoms with Crippen molar-refractivity contribution in [1.82, 2.24) is 19.8 Å². The van der Waals surface area contributed by atoms with Crippen LogP contribution in [0.15, 0.2) is 85.1 Å². The summed E-state index contributed by atoms with van der Waals surface area (Å²) in [5.41, 5.74) is 6.24. The van der Waals surface area contributed by atoms with Gasteiger partial charge in [0.15, 0.2) is 0 Å². The molecule has 0 bridgehead atoms. The van der Waals surface area contributed by atoms with Gasteiger partial charge in [-0.3, -0.25) is 9.69 Å². The number of anilines is 3. The maximum atomic E-state index is 13.0. The zero-order chi connectivity index (χ0) is 28.3. The first-order valence-corrected chi connectivity index (χ1v) is 14.0. The van der Waals surface area contributed by atoms with Crippen molar-refractivity contribution in [3.8, 4) is 11.3 Å². The zero-order valence-electron chi connectivity index (χ0n) is 24.0. The molecule has 7 nitrogen and oxygen atoms in total. The van der Waals surface area contributed by atoms with E-state index in [1.54, 1.807) is 6.20 Å². The summed E-state index contributed by atoms with van der Waals surface area (Å²) in [7, 11) is 2.17. The van der Waals surface area contributed by atoms with E-state index >= 15 is 0 Å². The SMILES string of the molecule is CCC.Cc1ccc(C(=O)Nc2ccc(CN3CCN(C)CC3)cc2)cc1Nc1nccc(-c2ccccc2)n1. The summed E-state index contributed by atoms with van der Waals surface area (Å²) in [6.45, 7) is 11.5. The maximum absolute atomic E-state index is 13.0. The fourth-order valence-corrected chi connectivity index (χ4v) is 4.37. The second kappa shape index (κ2) is 14.4. The van der Waals surface area contributed by atoms with Crippen molar-refractivity contribution >= 4 is 23.2 Å². The third-order valence-electron chi connectivity index (χ3n) is 6.69. The highest BCUT2D eigenvalue weighted by Crippen LogP contribution is 2.23. The van der Waals surface area contributed by atoms with Crippen molar-refractivity contribution in [1.29, 1.82) is 0 Å². The highest BCUT2D eigenvalue weighted by Gasteiger charge is 2.14. The van der Waals surface area contributed by atoms with Gasteiger partial charge in [-0.25, -0.2) is 9.97 Å². The van der Waals surface area contributed by atoms with Crippen LogP contribution in [-0.4, -0.2) is 58.9 Å². The third kappa shape index (κ3) is 8.21. The van der Waals surface area contributed by atoms with Gasteiger partial charge in [-0.2, -0.15) is 0 Å². The average Bonchev–Trinajstić information content (AvgIpc) is 2.97. The van der Waals surface area contributed by atoms with E-state index in [1.807, 2.05) is 73.7 Å². The summed E-state index contributed by atoms with van der Waals surface area (Å²) in [6.07, 6.45) is 2.98. The lowest BCUT2D eigenvalue weighted by molar-refractivity contribution is 0.102. The molecule has 1 fully saturated rings. The number of carbonyl (C=O) groups excluding carboxylic acids is 1. The predicted octanol–water partition coefficient (Wildman–Crippen LogP) is 6.61. The normalized spacial score (nSPS) is 13.7. The summed E-state index contributed by atoms with van der Waals surface area (Å²) in [6, 6.07) is 25.6. The number of aromatic nitrogens is 2. The molecule has 1 aliphatic rings. The van der Waals surface area contributed by atoms with Crippen LogP contribution in [0.1, 0.15) is 41.8 Å². The van der Waals surface area contributed by atoms with Crippen LogP contribution in [0, 0.1) is 6.92 Å². The van der Waals surface area contributed by atoms with Gasteiger partial charge in [-0.05, 0) is 55.4 Å². The Morgan fingerprint density at radius 2 is 1.60 bits per heavy atom. The van der Waals surface area contributed by atoms with Crippen LogP contribution >= 0.6 is 0 Å². The average molecular weight is 537 g/mol. The second-order valence-electron chi connectivity index (χ2n) is 10.2. The molecule has 0 unspecified atom stereocenters. The molecule has 1 amide bonds. The molecule has 0 atom stereocenters. The molecule has 0 aliphatic carbocycles. The van der Waals surface area contributed by atoms with Gasteiger partial charge in [0.1, 0.15) is 0 Å². The van der Waals surface area contributed by atoms with E-state index in [4.69, 9.17) is 0 Å². The number of nitrogens with zero attached hydrogens (tertiary/aromatic N) is 4. The van der Waals surface area contributed by atoms with Gasteiger partial charge >= 0.3 is 0 Å². The number of piperazine rings is 1. The number of carbonyl (C=O) groups is 1. The first-order valence-electron chi connectivity index (χ1n) is 14.0. The summed E-state index contributed by atoms with van der Waals surface area (Å²) < 4.78 is 0. The molecule has 3 aromatic carbocycles. The van der Waals surface area contributed by atoms with Crippen molar-refractivity contribution in [3.63, 3.8) is 0 Å². The monoisotopic (exact) mass is 536 g/mol. The van der Waals surface area contributed by atoms with E-state index < -0.39 is 0 Å². The van der Waals surface area contributed by atoms with Crippen LogP contribution in [0.4, 0.5) is 17.3 Å². The molecule has 1 saturated heterocycles. The minimum atomic E-state index is -0.158. The van der Waals surface area contributed by atoms with Gasteiger partial charge < -0.3 is 15.5 Å². The number of hydrogen-bond acceptors (Lipinski definition) is 6. The van der Waals surface area contributed by atoms with Crippen LogP contribution in [0.25, 0.3) is 11.3 Å². The maximum Gasteiger partial charge on any atom is 0.255 e. The van der Waals surface area contributed by atoms with Crippen LogP contribution in [0.2, 0.25) is 0 Å². The van der Waals surface area contributed by atoms with Gasteiger partial charge in [0.05, 0.1) is 5.69 Å². The number of aryl methyl sites for hydroxylation is 1. The van der Waals surface area contributed by atoms with Crippen molar-refractivity contribution in [2.45, 2.75) is 33.7 Å². The molecule has 4 aromatic rings. The van der Waals surface area contributed by atoms with Crippen LogP contribution < -0.4 is 10.6 Å². The lowest BCUT2D eigenvalue weighted by Crippen LogP contribution is -2.43. The number of rotatable bonds is 7. The predicted molar refractivity (Wildman–Crippen MR) is 165 cm³/mol. The van der Waals surface area contributed by atoms with Gasteiger partial charge in [-0.1, -0.05) is 68.8 Å². The van der Waals surface area contributed by atoms with E-state index in [2.05, 4.69) is 63.4 Å². The van der Waals surface area contributed by atoms with E-state index in [0.717, 1.165) is 60.9 Å². The molecule has 2 heterocycles. The molecule has 1 aliphatic heterocycles. The van der Waals surface area contributed by atoms with Crippen LogP contribution in [0.5, 0.6) is 0 Å². The van der Waals surface area contributed by atoms with Gasteiger partial charge in [-0.15, -0.1) is 0 Å². The molecule has 0 saturated carbocycles. The van der Waals surface area contributed by atoms with E-state index in [1.165, 1.54) is 12.0 Å². The topological polar surface area (TPSA) is 73.4 Å². The first kappa shape index (κ1) is 28.9. The lowest BCUT2D eigenvalue weighted by atomic mass is 10.1. The molecule has 0 radical (unpaired) electrons. The standard InChI is InChI=1S/C30H32N6O.C3H8/c1-22-8-11-25(20-28(22)34-30-31-15-14-27(33-30)24-6-4-3-5-7-24)29(37)32-26-12-9-23(10-13-26)21-36-18-16-35(2)17-19-36;1-3-2/h3-15,20H,16-19,21H2,1-2H3,(H,32,37)(H,31,33,34);3H2,1-2H3. The smallest absolute Gasteiger partial charge is 0.255 e. The summed E-state index contributed by atoms with van der Waals surface area (Å²) in [5, 5.41) is 6.30. The Balaban J connectivity index is 0.00000118. The van der Waals surface area contributed by atoms with Gasteiger partial charge in [0.25, 0.3) is 5.91 Å². The molecular weight excluding hydrogens is 496 g/mol. The number of nitrogens with one attached hydrogen (secondary N) is 2. The number of hydrogen-bond donors (Lipinski definition) is 2. The number of likely N-dealkylation sites (N-methyl/N-ethyl adjacent to an activating group) is 1. The molecule has 1 aromatic heterocycles. The Morgan fingerprint density at radius 3 is 2.30 bits per heavy atom. The number of amides is 1. The molecular formula is C33H40N6O. The Bertz CT molecular complexity index is 1370. The Kier molecular flexibility index (Phi) is 10.4. The highest BCUT2D eigenvalue weighted by molar-refractivity contribution is 6.05. The largest absolute Gasteiger partial charge is 0.324 e. The summed E-state index contributed by atoms with van der Waals surface area (Å²) in [4.78, 5) is 26.9. The summed E-state index contributed by atoms with van der Waals surface area (Å²) >= 11 is 0. The van der Waals surface area contributed by atoms with Crippen LogP contribution in [0.3, 0.4) is 0 Å². The quantitative estimate of drug-likeness (QED) is 0.277. The second-order valence-corrected chi connectivity index (χ2v) is 10.2. The van der Waals surface area contributed by atoms with Crippen molar-refractivity contribution in [3.05, 3.63) is 102 Å². The van der Waals surface area contributed by atoms with Gasteiger partial charge in [0, 0.05) is 61.4 Å². The van der Waals surface area contributed by atoms with Crippen molar-refractivity contribution < 1.29 is 4.79 Å². The van der Waals surface area contributed by atoms with E-state index in [-0.39, 0.29) is 5.91 Å². The van der Waals surface area contributed by atoms with E-state index in [0.29, 0.717) is 11.5 Å². The van der Waals surface area contributed by atoms with Crippen molar-refractivity contribution in [2.75, 3.05) is 43.9 Å². The summed E-state index contributed by atoms with van der Waals surface area (Å²) in [5.74, 6) is 0.326. The minimum absolute atomic E-state index is 0.158. The fraction of sp³-hybridized carbons (Fsp3) is 0.303. The number of benzene rings is 3. The van der Waals surface area contributed by atoms with Gasteiger partial charge in [0.2, 0.25) is 5.95 Å². The third-order valence-corrected chi connectivity index (χ3v) is 6.69. The Hall–Kier alpha value is -4.07. The highest BCUT2D eigenvalue weighted by atomic mass is 16.1. The minimum Gasteiger partial charge on any atom is -0.324 e. The molecule has 40 heavy (non-hydrogen) atoms. The molecule has 0 spiro atoms. The molecule has 5 rings (SSSR count). The Morgan fingerprint density at radius 1 is 0.900 bits per heavy atom. The van der Waals surface area contributed by atoms with Crippen molar-refractivity contribution in [2.24, 2.45) is 0 Å². The Labute approximate surface area is 238 Å². The van der Waals surface area contributed by atoms with Crippen LogP contribution in [-0.2, 0) is 6.54 Å². The first-order chi connectivity index (χ1) is 19.4. The molecule has 7 heteroatoms.